The average molecular weight is 437 g/mol. The lowest BCUT2D eigenvalue weighted by Gasteiger charge is -2.21. The van der Waals surface area contributed by atoms with Crippen LogP contribution in [0.5, 0.6) is 5.75 Å². The van der Waals surface area contributed by atoms with Gasteiger partial charge >= 0.3 is 0 Å². The maximum atomic E-state index is 13.2. The Balaban J connectivity index is 1.44. The van der Waals surface area contributed by atoms with Gasteiger partial charge in [-0.3, -0.25) is 4.79 Å². The van der Waals surface area contributed by atoms with Crippen LogP contribution in [-0.4, -0.2) is 28.8 Å². The number of aromatic nitrogens is 1. The van der Waals surface area contributed by atoms with Gasteiger partial charge in [0.15, 0.2) is 0 Å². The van der Waals surface area contributed by atoms with E-state index in [1.165, 1.54) is 0 Å². The second-order valence-corrected chi connectivity index (χ2v) is 8.30. The fraction of sp³-hybridized carbons (Fsp3) is 0.185. The number of H-pyrrole nitrogens is 1. The van der Waals surface area contributed by atoms with E-state index in [-0.39, 0.29) is 5.92 Å². The summed E-state index contributed by atoms with van der Waals surface area (Å²) in [4.78, 5) is 16.5. The zero-order valence-corrected chi connectivity index (χ0v) is 18.1. The van der Waals surface area contributed by atoms with E-state index < -0.39 is 12.1 Å². The van der Waals surface area contributed by atoms with Crippen molar-refractivity contribution in [2.45, 2.75) is 25.5 Å². The van der Waals surface area contributed by atoms with Crippen molar-refractivity contribution in [2.24, 2.45) is 0 Å². The van der Waals surface area contributed by atoms with Gasteiger partial charge in [-0.15, -0.1) is 0 Å². The number of rotatable bonds is 5. The van der Waals surface area contributed by atoms with Crippen molar-refractivity contribution in [3.63, 3.8) is 0 Å². The fourth-order valence-corrected chi connectivity index (χ4v) is 4.39. The Morgan fingerprint density at radius 1 is 1.15 bits per heavy atom. The number of aliphatic hydroxyl groups is 1. The summed E-state index contributed by atoms with van der Waals surface area (Å²) in [6.07, 6.45) is 1.49. The molecule has 164 valence electrons. The van der Waals surface area contributed by atoms with E-state index in [1.807, 2.05) is 55.6 Å². The standard InChI is InChI=1S/C27H23N3O3/c1-16(23-15-29-24-8-3-2-7-21(23)24)26(31)30-27(32)22-13-20(12-19-9-10-33-25(19)22)18-6-4-5-17(11-18)14-28/h2-8,11-13,15-16,26,29,31H,9-10H2,1H3,(H,30,32)/t16?,26-/m1/s1. The lowest BCUT2D eigenvalue weighted by atomic mass is 9.96. The quantitative estimate of drug-likeness (QED) is 0.401. The molecule has 4 aromatic rings. The molecular formula is C27H23N3O3. The first-order valence-corrected chi connectivity index (χ1v) is 10.9. The number of carbonyl (C=O) groups excluding carboxylic acids is 1. The number of para-hydroxylation sites is 1. The molecule has 0 radical (unpaired) electrons. The molecule has 2 heterocycles. The molecule has 0 bridgehead atoms. The Hall–Kier alpha value is -4.08. The van der Waals surface area contributed by atoms with E-state index in [4.69, 9.17) is 4.74 Å². The number of hydrogen-bond donors (Lipinski definition) is 3. The summed E-state index contributed by atoms with van der Waals surface area (Å²) in [5.74, 6) is -0.167. The molecule has 2 atom stereocenters. The van der Waals surface area contributed by atoms with Crippen LogP contribution in [-0.2, 0) is 6.42 Å². The molecule has 0 saturated carbocycles. The molecule has 1 aliphatic heterocycles. The number of nitriles is 1. The van der Waals surface area contributed by atoms with Gasteiger partial charge < -0.3 is 20.1 Å². The normalized spacial score (nSPS) is 14.2. The van der Waals surface area contributed by atoms with Gasteiger partial charge in [0.1, 0.15) is 12.0 Å². The third-order valence-electron chi connectivity index (χ3n) is 6.22. The molecule has 1 aromatic heterocycles. The van der Waals surface area contributed by atoms with Crippen LogP contribution in [0, 0.1) is 11.3 Å². The molecule has 0 spiro atoms. The number of benzene rings is 3. The van der Waals surface area contributed by atoms with Crippen molar-refractivity contribution >= 4 is 16.8 Å². The number of fused-ring (bicyclic) bond motifs is 2. The Kier molecular flexibility index (Phi) is 5.33. The maximum Gasteiger partial charge on any atom is 0.257 e. The van der Waals surface area contributed by atoms with Gasteiger partial charge in [0.05, 0.1) is 23.8 Å². The predicted octanol–water partition coefficient (Wildman–Crippen LogP) is 4.49. The smallest absolute Gasteiger partial charge is 0.257 e. The predicted molar refractivity (Wildman–Crippen MR) is 126 cm³/mol. The topological polar surface area (TPSA) is 98.1 Å². The molecule has 0 fully saturated rings. The summed E-state index contributed by atoms with van der Waals surface area (Å²) in [6, 6.07) is 21.1. The molecule has 1 amide bonds. The van der Waals surface area contributed by atoms with Gasteiger partial charge in [0, 0.05) is 29.4 Å². The van der Waals surface area contributed by atoms with Crippen LogP contribution in [0.2, 0.25) is 0 Å². The molecule has 0 aliphatic carbocycles. The van der Waals surface area contributed by atoms with Gasteiger partial charge in [-0.05, 0) is 52.6 Å². The Labute approximate surface area is 191 Å². The van der Waals surface area contributed by atoms with Crippen LogP contribution in [0.15, 0.2) is 66.9 Å². The summed E-state index contributed by atoms with van der Waals surface area (Å²) >= 11 is 0. The second kappa shape index (κ2) is 8.45. The summed E-state index contributed by atoms with van der Waals surface area (Å²) in [6.45, 7) is 2.39. The fourth-order valence-electron chi connectivity index (χ4n) is 4.39. The van der Waals surface area contributed by atoms with Crippen LogP contribution in [0.1, 0.15) is 39.9 Å². The number of nitrogens with one attached hydrogen (secondary N) is 2. The Morgan fingerprint density at radius 3 is 2.85 bits per heavy atom. The number of aliphatic hydroxyl groups excluding tert-OH is 1. The van der Waals surface area contributed by atoms with Crippen molar-refractivity contribution in [1.29, 1.82) is 5.26 Å². The van der Waals surface area contributed by atoms with E-state index in [1.54, 1.807) is 18.2 Å². The van der Waals surface area contributed by atoms with Gasteiger partial charge in [0.25, 0.3) is 5.91 Å². The molecule has 3 aromatic carbocycles. The Bertz CT molecular complexity index is 1400. The highest BCUT2D eigenvalue weighted by Crippen LogP contribution is 2.35. The SMILES string of the molecule is CC(c1c[nH]c2ccccc12)[C@@H](O)NC(=O)c1cc(-c2cccc(C#N)c2)cc2c1OCC2. The number of carbonyl (C=O) groups is 1. The van der Waals surface area contributed by atoms with Crippen LogP contribution >= 0.6 is 0 Å². The average Bonchev–Trinajstić information content (AvgIpc) is 3.50. The maximum absolute atomic E-state index is 13.2. The highest BCUT2D eigenvalue weighted by Gasteiger charge is 2.26. The summed E-state index contributed by atoms with van der Waals surface area (Å²) in [7, 11) is 0. The van der Waals surface area contributed by atoms with Crippen LogP contribution < -0.4 is 10.1 Å². The first-order valence-electron chi connectivity index (χ1n) is 10.9. The van der Waals surface area contributed by atoms with Gasteiger partial charge in [-0.2, -0.15) is 5.26 Å². The van der Waals surface area contributed by atoms with Crippen molar-refractivity contribution in [3.05, 3.63) is 89.1 Å². The Morgan fingerprint density at radius 2 is 2.00 bits per heavy atom. The van der Waals surface area contributed by atoms with E-state index in [2.05, 4.69) is 16.4 Å². The molecule has 1 aliphatic rings. The molecular weight excluding hydrogens is 414 g/mol. The number of hydrogen-bond acceptors (Lipinski definition) is 4. The minimum atomic E-state index is -1.08. The first kappa shape index (κ1) is 20.8. The molecule has 33 heavy (non-hydrogen) atoms. The lowest BCUT2D eigenvalue weighted by molar-refractivity contribution is 0.0725. The minimum absolute atomic E-state index is 0.324. The molecule has 6 nitrogen and oxygen atoms in total. The van der Waals surface area contributed by atoms with Crippen molar-refractivity contribution in [3.8, 4) is 22.9 Å². The van der Waals surface area contributed by atoms with Crippen LogP contribution in [0.3, 0.4) is 0 Å². The molecule has 3 N–H and O–H groups in total. The van der Waals surface area contributed by atoms with Gasteiger partial charge in [-0.25, -0.2) is 0 Å². The largest absolute Gasteiger partial charge is 0.492 e. The van der Waals surface area contributed by atoms with Crippen molar-refractivity contribution in [2.75, 3.05) is 6.61 Å². The molecule has 1 unspecified atom stereocenters. The highest BCUT2D eigenvalue weighted by molar-refractivity contribution is 5.99. The first-order chi connectivity index (χ1) is 16.0. The highest BCUT2D eigenvalue weighted by atomic mass is 16.5. The minimum Gasteiger partial charge on any atom is -0.492 e. The summed E-state index contributed by atoms with van der Waals surface area (Å²) in [5, 5.41) is 23.9. The van der Waals surface area contributed by atoms with Crippen molar-refractivity contribution in [1.82, 2.24) is 10.3 Å². The van der Waals surface area contributed by atoms with Crippen LogP contribution in [0.25, 0.3) is 22.0 Å². The number of aromatic amines is 1. The number of amides is 1. The number of nitrogens with zero attached hydrogens (tertiary/aromatic N) is 1. The third kappa shape index (κ3) is 3.84. The third-order valence-corrected chi connectivity index (χ3v) is 6.22. The molecule has 0 saturated heterocycles. The zero-order chi connectivity index (χ0) is 22.9. The monoisotopic (exact) mass is 437 g/mol. The van der Waals surface area contributed by atoms with E-state index in [0.29, 0.717) is 29.9 Å². The lowest BCUT2D eigenvalue weighted by Crippen LogP contribution is -2.38. The van der Waals surface area contributed by atoms with Crippen molar-refractivity contribution < 1.29 is 14.6 Å². The summed E-state index contributed by atoms with van der Waals surface area (Å²) in [5.41, 5.74) is 5.48. The number of ether oxygens (including phenoxy) is 1. The second-order valence-electron chi connectivity index (χ2n) is 8.30. The summed E-state index contributed by atoms with van der Waals surface area (Å²) < 4.78 is 5.76. The van der Waals surface area contributed by atoms with E-state index in [9.17, 15) is 15.2 Å². The van der Waals surface area contributed by atoms with E-state index >= 15 is 0 Å². The van der Waals surface area contributed by atoms with Crippen LogP contribution in [0.4, 0.5) is 0 Å². The molecule has 5 rings (SSSR count). The van der Waals surface area contributed by atoms with Gasteiger partial charge in [-0.1, -0.05) is 37.3 Å². The van der Waals surface area contributed by atoms with E-state index in [0.717, 1.165) is 33.2 Å². The van der Waals surface area contributed by atoms with Gasteiger partial charge in [0.2, 0.25) is 0 Å². The zero-order valence-electron chi connectivity index (χ0n) is 18.1. The molecule has 6 heteroatoms.